The van der Waals surface area contributed by atoms with Crippen molar-refractivity contribution in [1.82, 2.24) is 35.7 Å². The Morgan fingerprint density at radius 2 is 1.46 bits per heavy atom. The number of carbonyl (C=O) groups is 6. The zero-order valence-electron chi connectivity index (χ0n) is 53.1. The van der Waals surface area contributed by atoms with Crippen LogP contribution in [-0.4, -0.2) is 96.9 Å². The van der Waals surface area contributed by atoms with Crippen molar-refractivity contribution in [1.29, 1.82) is 0 Å². The van der Waals surface area contributed by atoms with Crippen molar-refractivity contribution in [3.8, 4) is 0 Å². The van der Waals surface area contributed by atoms with Gasteiger partial charge in [-0.15, -0.1) is 0 Å². The number of nitrogens with zero attached hydrogens (tertiary/aromatic N) is 4. The molecule has 5 rings (SSSR count). The summed E-state index contributed by atoms with van der Waals surface area (Å²) in [5, 5.41) is 9.79. The van der Waals surface area contributed by atoms with E-state index in [0.717, 1.165) is 26.3 Å². The molecule has 72 heavy (non-hydrogen) atoms. The fourth-order valence-electron chi connectivity index (χ4n) is 14.8. The van der Waals surface area contributed by atoms with Crippen LogP contribution in [-0.2, 0) is 24.0 Å². The Kier molecular flexibility index (Phi) is 14.2. The van der Waals surface area contributed by atoms with Gasteiger partial charge in [0.2, 0.25) is 23.5 Å². The molecule has 0 radical (unpaired) electrons. The summed E-state index contributed by atoms with van der Waals surface area (Å²) in [6.45, 7) is 44.8. The van der Waals surface area contributed by atoms with Gasteiger partial charge in [0.1, 0.15) is 28.4 Å². The van der Waals surface area contributed by atoms with Crippen LogP contribution in [0.2, 0.25) is 0 Å². The molecule has 3 saturated carbocycles. The molecular weight excluding hydrogens is 903 g/mol. The highest BCUT2D eigenvalue weighted by atomic mass is 16.2. The smallest absolute Gasteiger partial charge is 0.292 e. The van der Waals surface area contributed by atoms with E-state index in [1.165, 1.54) is 20.0 Å². The maximum absolute atomic E-state index is 17.1. The SMILES string of the molecule is [2H]C1([2H])C([2H])(C)C1([2H])N(C)C(=O)C(=O)[C@@](C)(NC(=O)[C@@H]1[C@H]2CC(C)C(C)(C)[C@@]2(C)C(C)N1C(=O)[C@@](C)(NC(=O)[C@@](C)(NC(=O)c1cnc(C)c(C)n1)C1(C)C(C)CCCC1(C)C)C(C)(C(C)C)C(C)(C)C)C(C)CCC. The number of hydrogen-bond donors (Lipinski definition) is 3. The molecule has 1 aromatic rings. The van der Waals surface area contributed by atoms with Crippen LogP contribution in [0.5, 0.6) is 0 Å². The topological polar surface area (TPSA) is 171 Å². The third kappa shape index (κ3) is 8.73. The number of fused-ring (bicyclic) bond motifs is 1. The molecule has 13 heteroatoms. The van der Waals surface area contributed by atoms with Crippen LogP contribution in [0.1, 0.15) is 218 Å². The number of ketones is 1. The number of Topliss-reactive ketones (excluding diaryl/α,β-unsaturated/α-hetero) is 1. The van der Waals surface area contributed by atoms with Crippen LogP contribution >= 0.6 is 0 Å². The van der Waals surface area contributed by atoms with Crippen molar-refractivity contribution >= 4 is 35.3 Å². The van der Waals surface area contributed by atoms with E-state index in [0.29, 0.717) is 35.6 Å². The molecule has 406 valence electrons. The summed E-state index contributed by atoms with van der Waals surface area (Å²) in [6, 6.07) is -4.20. The Bertz CT molecular complexity index is 2500. The van der Waals surface area contributed by atoms with Crippen molar-refractivity contribution in [3.63, 3.8) is 0 Å². The third-order valence-corrected chi connectivity index (χ3v) is 22.1. The van der Waals surface area contributed by atoms with Crippen LogP contribution in [0.4, 0.5) is 0 Å². The fraction of sp³-hybridized carbons (Fsp3) is 0.831. The average molecular weight is 1010 g/mol. The number of amides is 5. The lowest BCUT2D eigenvalue weighted by molar-refractivity contribution is -0.168. The van der Waals surface area contributed by atoms with Gasteiger partial charge in [-0.25, -0.2) is 4.98 Å². The number of aromatic nitrogens is 2. The molecule has 0 bridgehead atoms. The minimum atomic E-state index is -2.45. The number of likely N-dealkylation sites (tertiary alicyclic amines) is 1. The molecule has 3 aliphatic carbocycles. The van der Waals surface area contributed by atoms with Crippen LogP contribution < -0.4 is 16.0 Å². The minimum Gasteiger partial charge on any atom is -0.341 e. The summed E-state index contributed by atoms with van der Waals surface area (Å²) >= 11 is 0. The average Bonchev–Trinajstić information content (AvgIpc) is 3.43. The highest BCUT2D eigenvalue weighted by molar-refractivity contribution is 6.40. The maximum Gasteiger partial charge on any atom is 0.292 e. The fourth-order valence-corrected chi connectivity index (χ4v) is 14.8. The number of aryl methyl sites for hydroxylation is 2. The first-order chi connectivity index (χ1) is 34.2. The summed E-state index contributed by atoms with van der Waals surface area (Å²) in [4.78, 5) is 105. The molecule has 4 aliphatic rings. The lowest BCUT2D eigenvalue weighted by Crippen LogP contribution is -2.78. The van der Waals surface area contributed by atoms with Crippen molar-refractivity contribution in [3.05, 3.63) is 23.3 Å². The second kappa shape index (κ2) is 19.3. The van der Waals surface area contributed by atoms with Crippen molar-refractivity contribution in [2.45, 2.75) is 239 Å². The lowest BCUT2D eigenvalue weighted by atomic mass is 9.46. The van der Waals surface area contributed by atoms with E-state index in [1.54, 1.807) is 32.6 Å². The maximum atomic E-state index is 17.1. The number of likely N-dealkylation sites (N-methyl/N-ethyl adjacent to an activating group) is 1. The largest absolute Gasteiger partial charge is 0.341 e. The van der Waals surface area contributed by atoms with Gasteiger partial charge in [0, 0.05) is 34.0 Å². The Balaban J connectivity index is 1.76. The van der Waals surface area contributed by atoms with E-state index < -0.39 is 127 Å². The van der Waals surface area contributed by atoms with Gasteiger partial charge >= 0.3 is 0 Å². The van der Waals surface area contributed by atoms with Crippen LogP contribution in [0.3, 0.4) is 0 Å². The molecular formula is C59H99N7O6. The standard InChI is InChI=1S/C59H99N7O6/c1-25-27-35(5)55(19,45(67)48(70)65(24)43-30-34(43)4)62-47(69)44-41-31-37(7)53(16,17)54(41,18)40(10)66(44)50(72)59(23,56(20,33(2)3)51(11,12)13)64-49(71)58(22,57(21)36(6)28-26-29-52(57,14)15)63-46(68)42-32-60-38(8)39(9)61-42/h32-37,40-41,43-44H,25-31H2,1-24H3,(H,62,69)(H,63,68)(H,64,71)/t34?,35?,36?,37?,40?,41-,43?,44+,54+,55+,56?,57?,58-,59-/m1/s1/i30D2,34D,43D. The van der Waals surface area contributed by atoms with Gasteiger partial charge < -0.3 is 25.8 Å². The van der Waals surface area contributed by atoms with Gasteiger partial charge in [-0.3, -0.25) is 33.8 Å². The van der Waals surface area contributed by atoms with Gasteiger partial charge in [0.25, 0.3) is 11.8 Å². The summed E-state index contributed by atoms with van der Waals surface area (Å²) in [7, 11) is 1.16. The normalized spacial score (nSPS) is 36.0. The Morgan fingerprint density at radius 1 is 0.889 bits per heavy atom. The predicted octanol–water partition coefficient (Wildman–Crippen LogP) is 10.1. The number of hydrogen-bond acceptors (Lipinski definition) is 8. The molecule has 1 saturated heterocycles. The first-order valence-electron chi connectivity index (χ1n) is 29.1. The quantitative estimate of drug-likeness (QED) is 0.137. The zero-order valence-corrected chi connectivity index (χ0v) is 49.1. The highest BCUT2D eigenvalue weighted by Crippen LogP contribution is 2.67. The molecule has 4 fully saturated rings. The lowest BCUT2D eigenvalue weighted by Gasteiger charge is -2.62. The van der Waals surface area contributed by atoms with E-state index >= 15 is 14.4 Å². The molecule has 2 heterocycles. The second-order valence-corrected chi connectivity index (χ2v) is 26.8. The molecule has 1 aromatic heterocycles. The summed E-state index contributed by atoms with van der Waals surface area (Å²) in [6.07, 6.45) is 3.00. The van der Waals surface area contributed by atoms with Gasteiger partial charge in [-0.1, -0.05) is 137 Å². The molecule has 0 spiro atoms. The van der Waals surface area contributed by atoms with Gasteiger partial charge in [0.05, 0.1) is 19.0 Å². The Labute approximate surface area is 441 Å². The van der Waals surface area contributed by atoms with E-state index in [1.807, 2.05) is 62.3 Å². The first kappa shape index (κ1) is 52.9. The van der Waals surface area contributed by atoms with E-state index in [2.05, 4.69) is 81.3 Å². The molecule has 8 unspecified atom stereocenters. The summed E-state index contributed by atoms with van der Waals surface area (Å²) in [5.74, 6) is -7.94. The minimum absolute atomic E-state index is 0.0542. The van der Waals surface area contributed by atoms with Gasteiger partial charge in [0.15, 0.2) is 0 Å². The first-order valence-corrected chi connectivity index (χ1v) is 27.1. The molecule has 13 nitrogen and oxygen atoms in total. The number of nitrogens with one attached hydrogen (secondary N) is 3. The Hall–Kier alpha value is -3.90. The molecule has 3 N–H and O–H groups in total. The molecule has 1 aliphatic heterocycles. The van der Waals surface area contributed by atoms with Crippen LogP contribution in [0.15, 0.2) is 6.20 Å². The van der Waals surface area contributed by atoms with E-state index in [4.69, 9.17) is 5.48 Å². The molecule has 5 amide bonds. The van der Waals surface area contributed by atoms with Crippen LogP contribution in [0, 0.1) is 81.8 Å². The number of carbonyl (C=O) groups excluding carboxylic acids is 6. The zero-order chi connectivity index (χ0) is 58.9. The van der Waals surface area contributed by atoms with Gasteiger partial charge in [-0.2, -0.15) is 0 Å². The molecule has 0 aromatic carbocycles. The predicted molar refractivity (Wildman–Crippen MR) is 286 cm³/mol. The van der Waals surface area contributed by atoms with Crippen molar-refractivity contribution < 1.29 is 34.3 Å². The third-order valence-electron chi connectivity index (χ3n) is 22.1. The highest BCUT2D eigenvalue weighted by Gasteiger charge is 2.72. The molecule has 14 atom stereocenters. The summed E-state index contributed by atoms with van der Waals surface area (Å²) < 4.78 is 34.5. The van der Waals surface area contributed by atoms with Crippen LogP contribution in [0.25, 0.3) is 0 Å². The van der Waals surface area contributed by atoms with E-state index in [-0.39, 0.29) is 23.4 Å². The van der Waals surface area contributed by atoms with Gasteiger partial charge in [-0.05, 0) is 124 Å². The van der Waals surface area contributed by atoms with Crippen molar-refractivity contribution in [2.75, 3.05) is 7.05 Å². The monoisotopic (exact) mass is 1010 g/mol. The van der Waals surface area contributed by atoms with Crippen molar-refractivity contribution in [2.24, 2.45) is 68.0 Å². The summed E-state index contributed by atoms with van der Waals surface area (Å²) in [5.41, 5.74) is -8.40. The number of rotatable bonds is 16. The van der Waals surface area contributed by atoms with E-state index in [9.17, 15) is 14.4 Å². The Morgan fingerprint density at radius 3 is 1.94 bits per heavy atom. The second-order valence-electron chi connectivity index (χ2n) is 26.8.